The van der Waals surface area contributed by atoms with Crippen LogP contribution in [0, 0.1) is 11.3 Å². The third kappa shape index (κ3) is 3.24. The highest BCUT2D eigenvalue weighted by Gasteiger charge is 2.46. The summed E-state index contributed by atoms with van der Waals surface area (Å²) in [6.45, 7) is 10.5. The Bertz CT molecular complexity index is 417. The van der Waals surface area contributed by atoms with Crippen LogP contribution >= 0.6 is 0 Å². The molecule has 2 fully saturated rings. The second-order valence-electron chi connectivity index (χ2n) is 7.86. The maximum atomic E-state index is 12.9. The van der Waals surface area contributed by atoms with Crippen LogP contribution in [0.25, 0.3) is 0 Å². The number of hydrogen-bond acceptors (Lipinski definition) is 2. The van der Waals surface area contributed by atoms with E-state index in [2.05, 4.69) is 33.0 Å². The van der Waals surface area contributed by atoms with E-state index in [-0.39, 0.29) is 35.4 Å². The molecule has 0 bridgehead atoms. The van der Waals surface area contributed by atoms with Gasteiger partial charge in [0.05, 0.1) is 0 Å². The normalized spacial score (nSPS) is 33.2. The van der Waals surface area contributed by atoms with Crippen molar-refractivity contribution < 1.29 is 9.59 Å². The van der Waals surface area contributed by atoms with Gasteiger partial charge in [0.25, 0.3) is 0 Å². The van der Waals surface area contributed by atoms with E-state index in [0.29, 0.717) is 5.92 Å². The largest absolute Gasteiger partial charge is 0.343 e. The average Bonchev–Trinajstić information content (AvgIpc) is 2.37. The molecule has 1 heterocycles. The van der Waals surface area contributed by atoms with E-state index in [1.54, 1.807) is 0 Å². The molecule has 4 nitrogen and oxygen atoms in total. The summed E-state index contributed by atoms with van der Waals surface area (Å²) in [6, 6.07) is -0.496. The summed E-state index contributed by atoms with van der Waals surface area (Å²) in [5.41, 5.74) is 0.0994. The van der Waals surface area contributed by atoms with Crippen molar-refractivity contribution in [2.75, 3.05) is 0 Å². The Morgan fingerprint density at radius 3 is 2.52 bits per heavy atom. The molecule has 0 aromatic carbocycles. The van der Waals surface area contributed by atoms with Crippen molar-refractivity contribution in [2.24, 2.45) is 11.3 Å². The summed E-state index contributed by atoms with van der Waals surface area (Å²) in [5, 5.41) is 2.91. The first kappa shape index (κ1) is 16.3. The quantitative estimate of drug-likeness (QED) is 0.870. The minimum Gasteiger partial charge on any atom is -0.343 e. The van der Waals surface area contributed by atoms with Crippen LogP contribution in [0.3, 0.4) is 0 Å². The van der Waals surface area contributed by atoms with E-state index in [0.717, 1.165) is 25.7 Å². The topological polar surface area (TPSA) is 49.4 Å². The van der Waals surface area contributed by atoms with Crippen LogP contribution < -0.4 is 5.32 Å². The lowest BCUT2D eigenvalue weighted by Gasteiger charge is -2.50. The number of nitrogens with one attached hydrogen (secondary N) is 1. The second kappa shape index (κ2) is 5.98. The molecule has 2 aliphatic rings. The van der Waals surface area contributed by atoms with Gasteiger partial charge in [-0.25, -0.2) is 0 Å². The lowest BCUT2D eigenvalue weighted by molar-refractivity contribution is -0.156. The lowest BCUT2D eigenvalue weighted by atomic mass is 9.71. The van der Waals surface area contributed by atoms with Crippen LogP contribution in [0.5, 0.6) is 0 Å². The van der Waals surface area contributed by atoms with Gasteiger partial charge in [0.1, 0.15) is 12.1 Å². The molecular formula is C17H30N2O2. The van der Waals surface area contributed by atoms with Gasteiger partial charge in [-0.2, -0.15) is 0 Å². The van der Waals surface area contributed by atoms with Crippen LogP contribution in [0.4, 0.5) is 0 Å². The Morgan fingerprint density at radius 2 is 1.95 bits per heavy atom. The van der Waals surface area contributed by atoms with Crippen molar-refractivity contribution in [1.29, 1.82) is 0 Å². The maximum Gasteiger partial charge on any atom is 0.246 e. The Kier molecular flexibility index (Phi) is 4.64. The third-order valence-corrected chi connectivity index (χ3v) is 5.16. The van der Waals surface area contributed by atoms with Gasteiger partial charge in [0.2, 0.25) is 11.8 Å². The Labute approximate surface area is 128 Å². The molecule has 1 N–H and O–H groups in total. The summed E-state index contributed by atoms with van der Waals surface area (Å²) in [6.07, 6.45) is 5.25. The number of piperazine rings is 1. The second-order valence-corrected chi connectivity index (χ2v) is 7.86. The highest BCUT2D eigenvalue weighted by molar-refractivity contribution is 5.97. The van der Waals surface area contributed by atoms with Gasteiger partial charge in [-0.05, 0) is 37.5 Å². The molecular weight excluding hydrogens is 264 g/mol. The molecule has 4 heteroatoms. The highest BCUT2D eigenvalue weighted by Crippen LogP contribution is 2.40. The van der Waals surface area contributed by atoms with Crippen LogP contribution in [0.15, 0.2) is 0 Å². The molecule has 0 spiro atoms. The number of carbonyl (C=O) groups is 2. The van der Waals surface area contributed by atoms with Gasteiger partial charge in [0.15, 0.2) is 0 Å². The molecule has 0 aromatic heterocycles. The fourth-order valence-electron chi connectivity index (χ4n) is 3.90. The number of carbonyl (C=O) groups excluding carboxylic acids is 2. The number of nitrogens with zero attached hydrogens (tertiary/aromatic N) is 1. The van der Waals surface area contributed by atoms with Gasteiger partial charge in [-0.1, -0.05) is 40.5 Å². The zero-order valence-corrected chi connectivity index (χ0v) is 14.1. The van der Waals surface area contributed by atoms with Crippen molar-refractivity contribution in [1.82, 2.24) is 10.2 Å². The summed E-state index contributed by atoms with van der Waals surface area (Å²) in [4.78, 5) is 27.1. The van der Waals surface area contributed by atoms with Gasteiger partial charge in [-0.3, -0.25) is 9.59 Å². The first-order valence-electron chi connectivity index (χ1n) is 8.36. The molecule has 1 aliphatic carbocycles. The maximum absolute atomic E-state index is 12.9. The highest BCUT2D eigenvalue weighted by atomic mass is 16.2. The van der Waals surface area contributed by atoms with E-state index in [1.165, 1.54) is 6.42 Å². The van der Waals surface area contributed by atoms with Crippen LogP contribution in [-0.2, 0) is 9.59 Å². The smallest absolute Gasteiger partial charge is 0.246 e. The van der Waals surface area contributed by atoms with E-state index in [9.17, 15) is 9.59 Å². The first-order valence-corrected chi connectivity index (χ1v) is 8.36. The lowest BCUT2D eigenvalue weighted by Crippen LogP contribution is -2.67. The van der Waals surface area contributed by atoms with E-state index >= 15 is 0 Å². The van der Waals surface area contributed by atoms with E-state index in [1.807, 2.05) is 11.8 Å². The average molecular weight is 294 g/mol. The minimum atomic E-state index is -0.344. The van der Waals surface area contributed by atoms with Crippen molar-refractivity contribution in [3.63, 3.8) is 0 Å². The molecule has 0 radical (unpaired) electrons. The van der Waals surface area contributed by atoms with Crippen LogP contribution in [0.1, 0.15) is 66.7 Å². The van der Waals surface area contributed by atoms with Crippen molar-refractivity contribution in [3.8, 4) is 0 Å². The van der Waals surface area contributed by atoms with Crippen molar-refractivity contribution in [2.45, 2.75) is 84.8 Å². The zero-order valence-electron chi connectivity index (χ0n) is 14.1. The van der Waals surface area contributed by atoms with E-state index < -0.39 is 0 Å². The fourth-order valence-corrected chi connectivity index (χ4v) is 3.90. The van der Waals surface area contributed by atoms with Crippen LogP contribution in [-0.4, -0.2) is 34.8 Å². The third-order valence-electron chi connectivity index (χ3n) is 5.16. The van der Waals surface area contributed by atoms with Crippen molar-refractivity contribution in [3.05, 3.63) is 0 Å². The van der Waals surface area contributed by atoms with Crippen LogP contribution in [0.2, 0.25) is 0 Å². The molecule has 0 aromatic rings. The Morgan fingerprint density at radius 1 is 1.29 bits per heavy atom. The van der Waals surface area contributed by atoms with Crippen molar-refractivity contribution >= 4 is 11.8 Å². The van der Waals surface area contributed by atoms with Gasteiger partial charge in [-0.15, -0.1) is 0 Å². The Hall–Kier alpha value is -1.06. The number of amides is 2. The molecule has 2 amide bonds. The fraction of sp³-hybridized carbons (Fsp3) is 0.882. The number of hydrogen-bond donors (Lipinski definition) is 1. The molecule has 3 unspecified atom stereocenters. The molecule has 1 aliphatic heterocycles. The SMILES string of the molecule is CC(C)CC1NC(=O)C(C)N(C2CCCCC2(C)C)C1=O. The summed E-state index contributed by atoms with van der Waals surface area (Å²) in [5.74, 6) is 0.520. The molecule has 3 atom stereocenters. The Balaban J connectivity index is 2.25. The summed E-state index contributed by atoms with van der Waals surface area (Å²) >= 11 is 0. The predicted octanol–water partition coefficient (Wildman–Crippen LogP) is 2.72. The minimum absolute atomic E-state index is 0.00150. The monoisotopic (exact) mass is 294 g/mol. The van der Waals surface area contributed by atoms with Gasteiger partial charge >= 0.3 is 0 Å². The van der Waals surface area contributed by atoms with Gasteiger partial charge in [0, 0.05) is 6.04 Å². The van der Waals surface area contributed by atoms with E-state index in [4.69, 9.17) is 0 Å². The standard InChI is InChI=1S/C17H30N2O2/c1-11(2)10-13-16(21)19(12(3)15(20)18-13)14-8-6-7-9-17(14,4)5/h11-14H,6-10H2,1-5H3,(H,18,20). The molecule has 1 saturated carbocycles. The molecule has 120 valence electrons. The number of rotatable bonds is 3. The molecule has 2 rings (SSSR count). The summed E-state index contributed by atoms with van der Waals surface area (Å²) < 4.78 is 0. The van der Waals surface area contributed by atoms with Gasteiger partial charge < -0.3 is 10.2 Å². The zero-order chi connectivity index (χ0) is 15.8. The first-order chi connectivity index (χ1) is 9.74. The molecule has 21 heavy (non-hydrogen) atoms. The summed E-state index contributed by atoms with van der Waals surface area (Å²) in [7, 11) is 0. The molecule has 1 saturated heterocycles. The predicted molar refractivity (Wildman–Crippen MR) is 83.7 cm³/mol.